The predicted molar refractivity (Wildman–Crippen MR) is 115 cm³/mol. The molecule has 0 saturated heterocycles. The van der Waals surface area contributed by atoms with E-state index in [-0.39, 0.29) is 17.6 Å². The van der Waals surface area contributed by atoms with Crippen LogP contribution in [0.4, 0.5) is 0 Å². The first kappa shape index (κ1) is 20.3. The number of thioether (sulfide) groups is 1. The van der Waals surface area contributed by atoms with Crippen LogP contribution in [0.15, 0.2) is 48.1 Å². The Hall–Kier alpha value is -3.00. The third-order valence-electron chi connectivity index (χ3n) is 5.18. The van der Waals surface area contributed by atoms with E-state index in [2.05, 4.69) is 21.3 Å². The molecular weight excluding hydrogens is 400 g/mol. The number of allylic oxidation sites excluding steroid dienone is 1. The van der Waals surface area contributed by atoms with Gasteiger partial charge in [0.05, 0.1) is 5.75 Å². The Morgan fingerprint density at radius 2 is 2.07 bits per heavy atom. The lowest BCUT2D eigenvalue weighted by Crippen LogP contribution is -2.24. The Balaban J connectivity index is 1.45. The summed E-state index contributed by atoms with van der Waals surface area (Å²) >= 11 is 1.37. The maximum atomic E-state index is 12.8. The van der Waals surface area contributed by atoms with Gasteiger partial charge in [0.15, 0.2) is 34.4 Å². The van der Waals surface area contributed by atoms with E-state index in [0.717, 1.165) is 22.7 Å². The molecule has 1 atom stereocenters. The lowest BCUT2D eigenvalue weighted by molar-refractivity contribution is 0.0825. The molecule has 3 aromatic rings. The number of benzene rings is 1. The second-order valence-corrected chi connectivity index (χ2v) is 8.10. The van der Waals surface area contributed by atoms with Gasteiger partial charge in [0, 0.05) is 30.5 Å². The number of ketones is 1. The van der Waals surface area contributed by atoms with E-state index in [0.29, 0.717) is 29.9 Å². The number of Topliss-reactive ketones (excluding diaryl/α,β-unsaturated/α-hetero) is 1. The zero-order chi connectivity index (χ0) is 21.3. The average Bonchev–Trinajstić information content (AvgIpc) is 3.26. The normalized spacial score (nSPS) is 15.2. The third-order valence-corrected chi connectivity index (χ3v) is 6.20. The van der Waals surface area contributed by atoms with E-state index in [9.17, 15) is 4.79 Å². The molecule has 1 aliphatic rings. The molecule has 1 aliphatic heterocycles. The molecule has 30 heavy (non-hydrogen) atoms. The van der Waals surface area contributed by atoms with E-state index in [4.69, 9.17) is 9.47 Å². The monoisotopic (exact) mass is 424 g/mol. The van der Waals surface area contributed by atoms with Crippen molar-refractivity contribution in [3.05, 3.63) is 65.8 Å². The number of rotatable bonds is 7. The van der Waals surface area contributed by atoms with E-state index in [1.54, 1.807) is 0 Å². The molecule has 0 spiro atoms. The molecule has 0 saturated carbocycles. The van der Waals surface area contributed by atoms with Crippen LogP contribution in [0, 0.1) is 13.8 Å². The molecular formula is C22H24N4O3S. The molecule has 156 valence electrons. The summed E-state index contributed by atoms with van der Waals surface area (Å²) in [5.41, 5.74) is 2.75. The Morgan fingerprint density at radius 3 is 2.83 bits per heavy atom. The molecule has 8 heteroatoms. The summed E-state index contributed by atoms with van der Waals surface area (Å²) < 4.78 is 15.8. The number of aromatic nitrogens is 4. The third kappa shape index (κ3) is 3.75. The van der Waals surface area contributed by atoms with Gasteiger partial charge in [-0.3, -0.25) is 4.79 Å². The number of aryl methyl sites for hydroxylation is 1. The minimum absolute atomic E-state index is 0.0686. The number of hydrogen-bond donors (Lipinski definition) is 0. The van der Waals surface area contributed by atoms with Crippen molar-refractivity contribution in [2.24, 2.45) is 7.05 Å². The van der Waals surface area contributed by atoms with Crippen LogP contribution >= 0.6 is 11.8 Å². The van der Waals surface area contributed by atoms with Gasteiger partial charge in [-0.2, -0.15) is 0 Å². The summed E-state index contributed by atoms with van der Waals surface area (Å²) in [5.74, 6) is 2.44. The Bertz CT molecular complexity index is 1100. The predicted octanol–water partition coefficient (Wildman–Crippen LogP) is 3.91. The van der Waals surface area contributed by atoms with Gasteiger partial charge in [-0.25, -0.2) is 0 Å². The quantitative estimate of drug-likeness (QED) is 0.325. The lowest BCUT2D eigenvalue weighted by atomic mass is 10.2. The number of fused-ring (bicyclic) bond motifs is 1. The Morgan fingerprint density at radius 1 is 1.30 bits per heavy atom. The van der Waals surface area contributed by atoms with Crippen molar-refractivity contribution in [1.29, 1.82) is 0 Å². The fourth-order valence-electron chi connectivity index (χ4n) is 3.58. The minimum Gasteiger partial charge on any atom is -0.485 e. The highest BCUT2D eigenvalue weighted by molar-refractivity contribution is 7.99. The van der Waals surface area contributed by atoms with Gasteiger partial charge in [-0.15, -0.1) is 16.8 Å². The highest BCUT2D eigenvalue weighted by Gasteiger charge is 2.27. The fourth-order valence-corrected chi connectivity index (χ4v) is 4.38. The first-order valence-electron chi connectivity index (χ1n) is 9.71. The summed E-state index contributed by atoms with van der Waals surface area (Å²) in [7, 11) is 1.88. The van der Waals surface area contributed by atoms with Crippen LogP contribution in [0.3, 0.4) is 0 Å². The van der Waals surface area contributed by atoms with Crippen LogP contribution in [0.1, 0.15) is 33.7 Å². The minimum atomic E-state index is -0.347. The second-order valence-electron chi connectivity index (χ2n) is 7.16. The average molecular weight is 425 g/mol. The van der Waals surface area contributed by atoms with Gasteiger partial charge in [0.25, 0.3) is 0 Å². The number of hydrogen-bond acceptors (Lipinski definition) is 6. The molecule has 0 fully saturated rings. The highest BCUT2D eigenvalue weighted by atomic mass is 32.2. The van der Waals surface area contributed by atoms with E-state index in [1.165, 1.54) is 11.8 Å². The number of para-hydroxylation sites is 2. The van der Waals surface area contributed by atoms with Crippen molar-refractivity contribution in [1.82, 2.24) is 19.3 Å². The van der Waals surface area contributed by atoms with Crippen LogP contribution in [-0.2, 0) is 13.6 Å². The van der Waals surface area contributed by atoms with Gasteiger partial charge in [-0.1, -0.05) is 30.0 Å². The van der Waals surface area contributed by atoms with Crippen molar-refractivity contribution < 1.29 is 14.3 Å². The van der Waals surface area contributed by atoms with Gasteiger partial charge >= 0.3 is 0 Å². The standard InChI is InChI=1S/C22H24N4O3S/c1-5-10-26-14(2)11-16(15(26)3)17(27)13-30-22-24-23-21(25(22)4)20-12-28-18-8-6-7-9-19(18)29-20/h5-9,11,20H,1,10,12-13H2,2-4H3/t20-/m1/s1. The van der Waals surface area contributed by atoms with Crippen molar-refractivity contribution in [3.63, 3.8) is 0 Å². The number of carbonyl (C=O) groups excluding carboxylic acids is 1. The summed E-state index contributed by atoms with van der Waals surface area (Å²) in [6.45, 7) is 8.80. The van der Waals surface area contributed by atoms with Crippen LogP contribution in [0.5, 0.6) is 11.5 Å². The molecule has 0 radical (unpaired) electrons. The van der Waals surface area contributed by atoms with Crippen LogP contribution in [0.2, 0.25) is 0 Å². The summed E-state index contributed by atoms with van der Waals surface area (Å²) in [6, 6.07) is 9.50. The van der Waals surface area contributed by atoms with E-state index < -0.39 is 0 Å². The first-order valence-corrected chi connectivity index (χ1v) is 10.7. The summed E-state index contributed by atoms with van der Waals surface area (Å²) in [4.78, 5) is 12.8. The maximum absolute atomic E-state index is 12.8. The molecule has 0 aliphatic carbocycles. The first-order chi connectivity index (χ1) is 14.5. The molecule has 1 aromatic carbocycles. The van der Waals surface area contributed by atoms with Crippen molar-refractivity contribution in [2.45, 2.75) is 31.7 Å². The Kier molecular flexibility index (Phi) is 5.67. The van der Waals surface area contributed by atoms with Gasteiger partial charge in [-0.05, 0) is 32.0 Å². The summed E-state index contributed by atoms with van der Waals surface area (Å²) in [6.07, 6.45) is 1.49. The largest absolute Gasteiger partial charge is 0.485 e. The van der Waals surface area contributed by atoms with Gasteiger partial charge in [0.2, 0.25) is 0 Å². The van der Waals surface area contributed by atoms with Gasteiger partial charge < -0.3 is 18.6 Å². The molecule has 2 aromatic heterocycles. The fraction of sp³-hybridized carbons (Fsp3) is 0.318. The zero-order valence-corrected chi connectivity index (χ0v) is 18.1. The van der Waals surface area contributed by atoms with Gasteiger partial charge in [0.1, 0.15) is 6.61 Å². The molecule has 0 N–H and O–H groups in total. The SMILES string of the molecule is C=CCn1c(C)cc(C(=O)CSc2nnc([C@H]3COc4ccccc4O3)n2C)c1C. The molecule has 4 rings (SSSR count). The zero-order valence-electron chi connectivity index (χ0n) is 17.3. The number of ether oxygens (including phenoxy) is 2. The van der Waals surface area contributed by atoms with Crippen molar-refractivity contribution >= 4 is 17.5 Å². The molecule has 0 bridgehead atoms. The van der Waals surface area contributed by atoms with E-state index in [1.807, 2.05) is 61.9 Å². The molecule has 3 heterocycles. The highest BCUT2D eigenvalue weighted by Crippen LogP contribution is 2.35. The van der Waals surface area contributed by atoms with E-state index >= 15 is 0 Å². The molecule has 0 amide bonds. The number of carbonyl (C=O) groups is 1. The van der Waals surface area contributed by atoms with Crippen LogP contribution in [-0.4, -0.2) is 37.5 Å². The molecule has 7 nitrogen and oxygen atoms in total. The maximum Gasteiger partial charge on any atom is 0.192 e. The summed E-state index contributed by atoms with van der Waals surface area (Å²) in [5, 5.41) is 9.21. The van der Waals surface area contributed by atoms with Crippen LogP contribution < -0.4 is 9.47 Å². The van der Waals surface area contributed by atoms with Crippen LogP contribution in [0.25, 0.3) is 0 Å². The lowest BCUT2D eigenvalue weighted by Gasteiger charge is -2.25. The topological polar surface area (TPSA) is 71.2 Å². The second kappa shape index (κ2) is 8.39. The Labute approximate surface area is 179 Å². The number of nitrogens with zero attached hydrogens (tertiary/aromatic N) is 4. The smallest absolute Gasteiger partial charge is 0.192 e. The van der Waals surface area contributed by atoms with Crippen molar-refractivity contribution in [2.75, 3.05) is 12.4 Å². The molecule has 0 unspecified atom stereocenters. The van der Waals surface area contributed by atoms with Crippen molar-refractivity contribution in [3.8, 4) is 11.5 Å².